The second-order valence-electron chi connectivity index (χ2n) is 8.25. The molecule has 2 rings (SSSR count). The van der Waals surface area contributed by atoms with Gasteiger partial charge in [-0.05, 0) is 52.7 Å². The van der Waals surface area contributed by atoms with Crippen LogP contribution >= 0.6 is 0 Å². The van der Waals surface area contributed by atoms with Crippen LogP contribution in [-0.2, 0) is 9.59 Å². The van der Waals surface area contributed by atoms with Crippen molar-refractivity contribution in [2.45, 2.75) is 46.0 Å². The van der Waals surface area contributed by atoms with Crippen molar-refractivity contribution in [3.8, 4) is 0 Å². The second kappa shape index (κ2) is 12.5. The topological polar surface area (TPSA) is 58.2 Å². The Hall–Kier alpha value is -3.14. The van der Waals surface area contributed by atoms with Crippen molar-refractivity contribution < 1.29 is 9.59 Å². The SMILES string of the molecule is CC(C)c1ccc(/C=C/C(=O)NCCCNC(=O)/C=C/c2ccc(C(C)C)cc2)cc1. The molecule has 0 heterocycles. The van der Waals surface area contributed by atoms with Crippen molar-refractivity contribution in [1.29, 1.82) is 0 Å². The summed E-state index contributed by atoms with van der Waals surface area (Å²) in [7, 11) is 0. The monoisotopic (exact) mass is 418 g/mol. The van der Waals surface area contributed by atoms with E-state index in [-0.39, 0.29) is 11.8 Å². The highest BCUT2D eigenvalue weighted by Crippen LogP contribution is 2.16. The average molecular weight is 419 g/mol. The van der Waals surface area contributed by atoms with Crippen LogP contribution in [0.3, 0.4) is 0 Å². The molecule has 2 aromatic carbocycles. The highest BCUT2D eigenvalue weighted by molar-refractivity contribution is 5.92. The minimum atomic E-state index is -0.135. The predicted molar refractivity (Wildman–Crippen MR) is 130 cm³/mol. The Labute approximate surface area is 186 Å². The largest absolute Gasteiger partial charge is 0.352 e. The lowest BCUT2D eigenvalue weighted by Gasteiger charge is -2.05. The number of hydrogen-bond acceptors (Lipinski definition) is 2. The van der Waals surface area contributed by atoms with E-state index in [1.807, 2.05) is 24.3 Å². The Kier molecular flexibility index (Phi) is 9.76. The third-order valence-corrected chi connectivity index (χ3v) is 5.01. The lowest BCUT2D eigenvalue weighted by atomic mass is 10.0. The second-order valence-corrected chi connectivity index (χ2v) is 8.25. The van der Waals surface area contributed by atoms with Crippen LogP contribution in [0.1, 0.15) is 68.2 Å². The Morgan fingerprint density at radius 2 is 1.03 bits per heavy atom. The standard InChI is InChI=1S/C27H34N2O2/c1-20(2)24-12-6-22(7-13-24)10-16-26(30)28-18-5-19-29-27(31)17-11-23-8-14-25(15-9-23)21(3)4/h6-17,20-21H,5,18-19H2,1-4H3,(H,28,30)(H,29,31)/b16-10+,17-11+. The summed E-state index contributed by atoms with van der Waals surface area (Å²) in [5.74, 6) is 0.718. The molecule has 4 nitrogen and oxygen atoms in total. The van der Waals surface area contributed by atoms with Gasteiger partial charge in [0.25, 0.3) is 0 Å². The van der Waals surface area contributed by atoms with Crippen molar-refractivity contribution in [2.24, 2.45) is 0 Å². The molecule has 0 bridgehead atoms. The van der Waals surface area contributed by atoms with E-state index in [2.05, 4.69) is 62.6 Å². The fourth-order valence-electron chi connectivity index (χ4n) is 2.96. The van der Waals surface area contributed by atoms with Crippen LogP contribution < -0.4 is 10.6 Å². The van der Waals surface area contributed by atoms with Crippen LogP contribution in [0.25, 0.3) is 12.2 Å². The molecule has 2 amide bonds. The molecule has 0 fully saturated rings. The van der Waals surface area contributed by atoms with Gasteiger partial charge >= 0.3 is 0 Å². The summed E-state index contributed by atoms with van der Waals surface area (Å²) >= 11 is 0. The quantitative estimate of drug-likeness (QED) is 0.407. The lowest BCUT2D eigenvalue weighted by molar-refractivity contribution is -0.116. The molecule has 0 radical (unpaired) electrons. The maximum Gasteiger partial charge on any atom is 0.244 e. The van der Waals surface area contributed by atoms with Crippen molar-refractivity contribution in [1.82, 2.24) is 10.6 Å². The van der Waals surface area contributed by atoms with Crippen LogP contribution in [0.4, 0.5) is 0 Å². The molecule has 2 aromatic rings. The van der Waals surface area contributed by atoms with E-state index in [1.54, 1.807) is 12.2 Å². The van der Waals surface area contributed by atoms with Gasteiger partial charge in [-0.1, -0.05) is 76.2 Å². The summed E-state index contributed by atoms with van der Waals surface area (Å²) in [6.45, 7) is 9.64. The summed E-state index contributed by atoms with van der Waals surface area (Å²) in [5, 5.41) is 5.67. The van der Waals surface area contributed by atoms with Gasteiger partial charge in [0.1, 0.15) is 0 Å². The third kappa shape index (κ3) is 9.04. The van der Waals surface area contributed by atoms with Gasteiger partial charge in [-0.2, -0.15) is 0 Å². The van der Waals surface area contributed by atoms with E-state index < -0.39 is 0 Å². The minimum absolute atomic E-state index is 0.135. The van der Waals surface area contributed by atoms with E-state index >= 15 is 0 Å². The zero-order chi connectivity index (χ0) is 22.6. The maximum atomic E-state index is 11.9. The summed E-state index contributed by atoms with van der Waals surface area (Å²) in [4.78, 5) is 23.8. The summed E-state index contributed by atoms with van der Waals surface area (Å²) < 4.78 is 0. The van der Waals surface area contributed by atoms with Crippen molar-refractivity contribution in [3.63, 3.8) is 0 Å². The molecule has 31 heavy (non-hydrogen) atoms. The van der Waals surface area contributed by atoms with Crippen molar-refractivity contribution in [3.05, 3.63) is 82.9 Å². The molecular formula is C27H34N2O2. The Balaban J connectivity index is 1.63. The van der Waals surface area contributed by atoms with Crippen molar-refractivity contribution in [2.75, 3.05) is 13.1 Å². The lowest BCUT2D eigenvalue weighted by Crippen LogP contribution is -2.28. The number of nitrogens with one attached hydrogen (secondary N) is 2. The van der Waals surface area contributed by atoms with Crippen molar-refractivity contribution >= 4 is 24.0 Å². The van der Waals surface area contributed by atoms with Crippen LogP contribution in [0, 0.1) is 0 Å². The molecule has 164 valence electrons. The zero-order valence-electron chi connectivity index (χ0n) is 19.0. The first kappa shape index (κ1) is 24.1. The van der Waals surface area contributed by atoms with Gasteiger partial charge < -0.3 is 10.6 Å². The smallest absolute Gasteiger partial charge is 0.244 e. The molecule has 0 saturated heterocycles. The van der Waals surface area contributed by atoms with E-state index in [1.165, 1.54) is 23.3 Å². The highest BCUT2D eigenvalue weighted by Gasteiger charge is 2.00. The average Bonchev–Trinajstić information content (AvgIpc) is 2.76. The molecule has 4 heteroatoms. The van der Waals surface area contributed by atoms with Gasteiger partial charge in [-0.25, -0.2) is 0 Å². The minimum Gasteiger partial charge on any atom is -0.352 e. The molecule has 2 N–H and O–H groups in total. The van der Waals surface area contributed by atoms with E-state index in [0.29, 0.717) is 31.3 Å². The molecule has 0 spiro atoms. The first-order chi connectivity index (χ1) is 14.8. The number of benzene rings is 2. The number of carbonyl (C=O) groups is 2. The van der Waals surface area contributed by atoms with Gasteiger partial charge in [0.15, 0.2) is 0 Å². The van der Waals surface area contributed by atoms with Gasteiger partial charge in [-0.3, -0.25) is 9.59 Å². The molecule has 0 aliphatic heterocycles. The van der Waals surface area contributed by atoms with E-state index in [9.17, 15) is 9.59 Å². The molecule has 0 aromatic heterocycles. The fraction of sp³-hybridized carbons (Fsp3) is 0.333. The first-order valence-electron chi connectivity index (χ1n) is 11.0. The van der Waals surface area contributed by atoms with E-state index in [0.717, 1.165) is 11.1 Å². The molecule has 0 unspecified atom stereocenters. The van der Waals surface area contributed by atoms with Gasteiger partial charge in [0.05, 0.1) is 0 Å². The predicted octanol–water partition coefficient (Wildman–Crippen LogP) is 5.28. The molecule has 0 atom stereocenters. The molecule has 0 aliphatic carbocycles. The summed E-state index contributed by atoms with van der Waals surface area (Å²) in [6.07, 6.45) is 7.36. The van der Waals surface area contributed by atoms with Crippen LogP contribution in [0.5, 0.6) is 0 Å². The van der Waals surface area contributed by atoms with Gasteiger partial charge in [0.2, 0.25) is 11.8 Å². The number of rotatable bonds is 10. The summed E-state index contributed by atoms with van der Waals surface area (Å²) in [6, 6.07) is 16.4. The maximum absolute atomic E-state index is 11.9. The Morgan fingerprint density at radius 3 is 1.35 bits per heavy atom. The Bertz CT molecular complexity index is 816. The number of carbonyl (C=O) groups excluding carboxylic acids is 2. The molecular weight excluding hydrogens is 384 g/mol. The third-order valence-electron chi connectivity index (χ3n) is 5.01. The van der Waals surface area contributed by atoms with Crippen LogP contribution in [0.2, 0.25) is 0 Å². The van der Waals surface area contributed by atoms with Crippen LogP contribution in [0.15, 0.2) is 60.7 Å². The normalized spacial score (nSPS) is 11.5. The van der Waals surface area contributed by atoms with Gasteiger partial charge in [0, 0.05) is 25.2 Å². The molecule has 0 aliphatic rings. The zero-order valence-corrected chi connectivity index (χ0v) is 19.0. The van der Waals surface area contributed by atoms with Crippen LogP contribution in [-0.4, -0.2) is 24.9 Å². The molecule has 0 saturated carbocycles. The number of hydrogen-bond donors (Lipinski definition) is 2. The summed E-state index contributed by atoms with van der Waals surface area (Å²) in [5.41, 5.74) is 4.56. The van der Waals surface area contributed by atoms with Gasteiger partial charge in [-0.15, -0.1) is 0 Å². The van der Waals surface area contributed by atoms with E-state index in [4.69, 9.17) is 0 Å². The fourth-order valence-corrected chi connectivity index (χ4v) is 2.96. The Morgan fingerprint density at radius 1 is 0.677 bits per heavy atom. The first-order valence-corrected chi connectivity index (χ1v) is 11.0. The highest BCUT2D eigenvalue weighted by atomic mass is 16.2. The number of amides is 2.